The molecule has 0 atom stereocenters. The molecule has 3 rings (SSSR count). The van der Waals surface area contributed by atoms with E-state index in [0.29, 0.717) is 38.3 Å². The summed E-state index contributed by atoms with van der Waals surface area (Å²) >= 11 is 0. The average molecular weight is 412 g/mol. The van der Waals surface area contributed by atoms with Crippen molar-refractivity contribution in [1.82, 2.24) is 15.1 Å². The number of hydrogen-bond acceptors (Lipinski definition) is 5. The van der Waals surface area contributed by atoms with E-state index in [0.717, 1.165) is 24.4 Å². The number of nitrogens with one attached hydrogen (secondary N) is 1. The Kier molecular flexibility index (Phi) is 8.23. The molecule has 0 aliphatic carbocycles. The molecule has 0 bridgehead atoms. The van der Waals surface area contributed by atoms with Gasteiger partial charge < -0.3 is 20.1 Å². The van der Waals surface area contributed by atoms with Crippen LogP contribution >= 0.6 is 0 Å². The summed E-state index contributed by atoms with van der Waals surface area (Å²) in [6.45, 7) is 4.44. The highest BCUT2D eigenvalue weighted by Crippen LogP contribution is 2.11. The zero-order valence-corrected chi connectivity index (χ0v) is 17.1. The van der Waals surface area contributed by atoms with Gasteiger partial charge in [0, 0.05) is 44.8 Å². The summed E-state index contributed by atoms with van der Waals surface area (Å²) < 4.78 is 5.53. The van der Waals surface area contributed by atoms with Crippen LogP contribution in [0.5, 0.6) is 5.75 Å². The molecule has 2 aromatic carbocycles. The third kappa shape index (κ3) is 6.57. The van der Waals surface area contributed by atoms with Crippen molar-refractivity contribution in [3.8, 4) is 5.75 Å². The van der Waals surface area contributed by atoms with Crippen molar-refractivity contribution < 1.29 is 19.4 Å². The maximum Gasteiger partial charge on any atom is 0.253 e. The normalized spacial score (nSPS) is 14.4. The minimum Gasteiger partial charge on any atom is -0.493 e. The van der Waals surface area contributed by atoms with E-state index in [4.69, 9.17) is 9.84 Å². The smallest absolute Gasteiger partial charge is 0.253 e. The fourth-order valence-electron chi connectivity index (χ4n) is 3.33. The van der Waals surface area contributed by atoms with Gasteiger partial charge in [0.05, 0.1) is 19.6 Å². The standard InChI is InChI=1S/C23H29N3O4/c27-16-15-25-11-13-26(14-12-25)23(29)20-8-6-19(7-9-20)18-24-22(28)10-17-30-21-4-2-1-3-5-21/h1-9,27H,10-18H2,(H,24,28). The Morgan fingerprint density at radius 3 is 2.33 bits per heavy atom. The molecule has 2 aromatic rings. The fraction of sp³-hybridized carbons (Fsp3) is 0.391. The molecule has 0 unspecified atom stereocenters. The van der Waals surface area contributed by atoms with Gasteiger partial charge in [-0.3, -0.25) is 14.5 Å². The molecule has 160 valence electrons. The van der Waals surface area contributed by atoms with Crippen molar-refractivity contribution in [2.24, 2.45) is 0 Å². The highest BCUT2D eigenvalue weighted by Gasteiger charge is 2.21. The van der Waals surface area contributed by atoms with Crippen LogP contribution in [0.1, 0.15) is 22.3 Å². The zero-order valence-electron chi connectivity index (χ0n) is 17.1. The van der Waals surface area contributed by atoms with Gasteiger partial charge in [-0.25, -0.2) is 0 Å². The van der Waals surface area contributed by atoms with E-state index in [1.54, 1.807) is 0 Å². The van der Waals surface area contributed by atoms with Crippen LogP contribution in [-0.2, 0) is 11.3 Å². The molecule has 1 aliphatic heterocycles. The number of β-amino-alcohol motifs (C(OH)–C–C–N with tert-alkyl or cyclic N) is 1. The average Bonchev–Trinajstić information content (AvgIpc) is 2.79. The monoisotopic (exact) mass is 411 g/mol. The third-order valence-electron chi connectivity index (χ3n) is 5.11. The first-order valence-corrected chi connectivity index (χ1v) is 10.3. The number of ether oxygens (including phenoxy) is 1. The van der Waals surface area contributed by atoms with Gasteiger partial charge in [-0.05, 0) is 29.8 Å². The summed E-state index contributed by atoms with van der Waals surface area (Å²) in [5.74, 6) is 0.694. The first-order valence-electron chi connectivity index (χ1n) is 10.3. The molecule has 7 nitrogen and oxygen atoms in total. The first kappa shape index (κ1) is 21.8. The maximum atomic E-state index is 12.7. The molecule has 2 N–H and O–H groups in total. The fourth-order valence-corrected chi connectivity index (χ4v) is 3.33. The second-order valence-electron chi connectivity index (χ2n) is 7.24. The van der Waals surface area contributed by atoms with Gasteiger partial charge in [-0.2, -0.15) is 0 Å². The number of piperazine rings is 1. The molecule has 1 heterocycles. The topological polar surface area (TPSA) is 82.1 Å². The minimum atomic E-state index is -0.0770. The predicted octanol–water partition coefficient (Wildman–Crippen LogP) is 1.52. The lowest BCUT2D eigenvalue weighted by Gasteiger charge is -2.34. The van der Waals surface area contributed by atoms with E-state index in [1.807, 2.05) is 59.5 Å². The van der Waals surface area contributed by atoms with Crippen molar-refractivity contribution >= 4 is 11.8 Å². The Hall–Kier alpha value is -2.90. The van der Waals surface area contributed by atoms with Crippen LogP contribution in [0, 0.1) is 0 Å². The summed E-state index contributed by atoms with van der Waals surface area (Å²) in [4.78, 5) is 28.6. The van der Waals surface area contributed by atoms with Gasteiger partial charge in [0.1, 0.15) is 5.75 Å². The molecule has 0 radical (unpaired) electrons. The molecular weight excluding hydrogens is 382 g/mol. The third-order valence-corrected chi connectivity index (χ3v) is 5.11. The number of aliphatic hydroxyl groups is 1. The van der Waals surface area contributed by atoms with Crippen LogP contribution in [0.25, 0.3) is 0 Å². The number of para-hydroxylation sites is 1. The van der Waals surface area contributed by atoms with E-state index in [9.17, 15) is 9.59 Å². The Bertz CT molecular complexity index is 803. The lowest BCUT2D eigenvalue weighted by atomic mass is 10.1. The molecule has 0 saturated carbocycles. The SMILES string of the molecule is O=C(CCOc1ccccc1)NCc1ccc(C(=O)N2CCN(CCO)CC2)cc1. The van der Waals surface area contributed by atoms with E-state index < -0.39 is 0 Å². The van der Waals surface area contributed by atoms with Gasteiger partial charge in [0.25, 0.3) is 5.91 Å². The zero-order chi connectivity index (χ0) is 21.2. The number of carbonyl (C=O) groups excluding carboxylic acids is 2. The highest BCUT2D eigenvalue weighted by atomic mass is 16.5. The number of nitrogens with zero attached hydrogens (tertiary/aromatic N) is 2. The summed E-state index contributed by atoms with van der Waals surface area (Å²) in [7, 11) is 0. The van der Waals surface area contributed by atoms with Crippen LogP contribution < -0.4 is 10.1 Å². The molecule has 0 aromatic heterocycles. The van der Waals surface area contributed by atoms with Gasteiger partial charge in [0.15, 0.2) is 0 Å². The number of hydrogen-bond donors (Lipinski definition) is 2. The Labute approximate surface area is 177 Å². The Morgan fingerprint density at radius 1 is 0.967 bits per heavy atom. The summed E-state index contributed by atoms with van der Waals surface area (Å²) in [5.41, 5.74) is 1.59. The number of carbonyl (C=O) groups is 2. The summed E-state index contributed by atoms with van der Waals surface area (Å²) in [6.07, 6.45) is 0.285. The molecule has 1 aliphatic rings. The molecule has 30 heavy (non-hydrogen) atoms. The van der Waals surface area contributed by atoms with Gasteiger partial charge in [-0.15, -0.1) is 0 Å². The first-order chi connectivity index (χ1) is 14.7. The van der Waals surface area contributed by atoms with Crippen molar-refractivity contribution in [2.45, 2.75) is 13.0 Å². The van der Waals surface area contributed by atoms with Gasteiger partial charge in [-0.1, -0.05) is 30.3 Å². The maximum absolute atomic E-state index is 12.7. The van der Waals surface area contributed by atoms with E-state index in [-0.39, 0.29) is 24.8 Å². The van der Waals surface area contributed by atoms with Crippen molar-refractivity contribution in [3.05, 3.63) is 65.7 Å². The van der Waals surface area contributed by atoms with Gasteiger partial charge >= 0.3 is 0 Å². The molecule has 0 spiro atoms. The lowest BCUT2D eigenvalue weighted by Crippen LogP contribution is -2.49. The van der Waals surface area contributed by atoms with Crippen LogP contribution in [0.2, 0.25) is 0 Å². The Balaban J connectivity index is 1.39. The largest absolute Gasteiger partial charge is 0.493 e. The van der Waals surface area contributed by atoms with E-state index in [2.05, 4.69) is 10.2 Å². The quantitative estimate of drug-likeness (QED) is 0.654. The van der Waals surface area contributed by atoms with Crippen molar-refractivity contribution in [1.29, 1.82) is 0 Å². The van der Waals surface area contributed by atoms with Crippen LogP contribution in [0.15, 0.2) is 54.6 Å². The highest BCUT2D eigenvalue weighted by molar-refractivity contribution is 5.94. The summed E-state index contributed by atoms with van der Waals surface area (Å²) in [5, 5.41) is 11.9. The number of rotatable bonds is 9. The molecule has 7 heteroatoms. The number of amides is 2. The molecule has 1 saturated heterocycles. The van der Waals surface area contributed by atoms with E-state index in [1.165, 1.54) is 0 Å². The van der Waals surface area contributed by atoms with Gasteiger partial charge in [0.2, 0.25) is 5.91 Å². The van der Waals surface area contributed by atoms with Crippen LogP contribution in [0.3, 0.4) is 0 Å². The van der Waals surface area contributed by atoms with Crippen molar-refractivity contribution in [3.63, 3.8) is 0 Å². The Morgan fingerprint density at radius 2 is 1.67 bits per heavy atom. The van der Waals surface area contributed by atoms with Crippen LogP contribution in [-0.4, -0.2) is 72.7 Å². The molecular formula is C23H29N3O4. The van der Waals surface area contributed by atoms with E-state index >= 15 is 0 Å². The molecule has 1 fully saturated rings. The number of benzene rings is 2. The lowest BCUT2D eigenvalue weighted by molar-refractivity contribution is -0.121. The second kappa shape index (κ2) is 11.3. The predicted molar refractivity (Wildman–Crippen MR) is 114 cm³/mol. The summed E-state index contributed by atoms with van der Waals surface area (Å²) in [6, 6.07) is 16.8. The second-order valence-corrected chi connectivity index (χ2v) is 7.24. The number of aliphatic hydroxyl groups excluding tert-OH is 1. The van der Waals surface area contributed by atoms with Crippen molar-refractivity contribution in [2.75, 3.05) is 45.9 Å². The minimum absolute atomic E-state index is 0.0206. The van der Waals surface area contributed by atoms with Crippen LogP contribution in [0.4, 0.5) is 0 Å². The molecule has 2 amide bonds.